The molecule has 1 saturated heterocycles. The molecule has 2 heterocycles. The highest BCUT2D eigenvalue weighted by Gasteiger charge is 2.47. The van der Waals surface area contributed by atoms with Crippen LogP contribution in [0.5, 0.6) is 0 Å². The van der Waals surface area contributed by atoms with Crippen molar-refractivity contribution in [2.45, 2.75) is 37.9 Å². The van der Waals surface area contributed by atoms with Gasteiger partial charge in [-0.15, -0.1) is 0 Å². The normalized spacial score (nSPS) is 22.2. The fraction of sp³-hybridized carbons (Fsp3) is 0.421. The third-order valence-electron chi connectivity index (χ3n) is 5.00. The molecule has 1 aromatic carbocycles. The Bertz CT molecular complexity index is 1160. The zero-order valence-corrected chi connectivity index (χ0v) is 18.8. The molecule has 0 radical (unpaired) electrons. The first-order valence-electron chi connectivity index (χ1n) is 9.65. The number of aromatic amines is 1. The second-order valence-electron chi connectivity index (χ2n) is 7.14. The van der Waals surface area contributed by atoms with E-state index in [0.717, 1.165) is 4.57 Å². The number of carbonyl (C=O) groups is 1. The van der Waals surface area contributed by atoms with Crippen LogP contribution in [0.25, 0.3) is 0 Å². The Kier molecular flexibility index (Phi) is 7.63. The van der Waals surface area contributed by atoms with E-state index in [0.29, 0.717) is 10.0 Å². The monoisotopic (exact) mass is 529 g/mol. The van der Waals surface area contributed by atoms with E-state index in [1.54, 1.807) is 6.07 Å². The number of nitrogens with zero attached hydrogens (tertiary/aromatic N) is 2. The molecule has 0 spiro atoms. The zero-order valence-electron chi connectivity index (χ0n) is 17.2. The number of halogens is 1. The number of aromatic nitrogens is 2. The van der Waals surface area contributed by atoms with Crippen molar-refractivity contribution in [2.75, 3.05) is 13.2 Å². The van der Waals surface area contributed by atoms with Crippen LogP contribution in [-0.4, -0.2) is 62.4 Å². The van der Waals surface area contributed by atoms with Gasteiger partial charge in [0.15, 0.2) is 12.3 Å². The van der Waals surface area contributed by atoms with Crippen LogP contribution in [0, 0.1) is 17.0 Å². The molecule has 3 N–H and O–H groups in total. The number of aliphatic hydroxyl groups excluding tert-OH is 2. The molecule has 2 unspecified atom stereocenters. The summed E-state index contributed by atoms with van der Waals surface area (Å²) in [5.74, 6) is 0. The highest BCUT2D eigenvalue weighted by molar-refractivity contribution is 9.10. The van der Waals surface area contributed by atoms with Crippen molar-refractivity contribution in [3.05, 3.63) is 70.9 Å². The van der Waals surface area contributed by atoms with E-state index in [2.05, 4.69) is 20.9 Å². The summed E-state index contributed by atoms with van der Waals surface area (Å²) < 4.78 is 16.9. The lowest BCUT2D eigenvalue weighted by molar-refractivity contribution is -0.385. The third kappa shape index (κ3) is 5.30. The van der Waals surface area contributed by atoms with E-state index in [-0.39, 0.29) is 24.3 Å². The lowest BCUT2D eigenvalue weighted by atomic mass is 10.1. The van der Waals surface area contributed by atoms with Gasteiger partial charge in [-0.05, 0) is 13.0 Å². The van der Waals surface area contributed by atoms with Gasteiger partial charge in [-0.25, -0.2) is 9.59 Å². The number of rotatable bonds is 7. The predicted octanol–water partition coefficient (Wildman–Crippen LogP) is 0.531. The first-order valence-corrected chi connectivity index (χ1v) is 10.4. The van der Waals surface area contributed by atoms with Gasteiger partial charge in [0, 0.05) is 34.3 Å². The van der Waals surface area contributed by atoms with Crippen molar-refractivity contribution < 1.29 is 34.1 Å². The number of ether oxygens (including phenoxy) is 3. The van der Waals surface area contributed by atoms with Crippen molar-refractivity contribution in [3.8, 4) is 0 Å². The molecule has 1 aliphatic heterocycles. The van der Waals surface area contributed by atoms with Gasteiger partial charge in [0.05, 0.1) is 18.1 Å². The second kappa shape index (κ2) is 10.2. The standard InChI is InChI=1S/C19H20BrN3O10/c1-9-7-22(18(27)21-16(9)26)17-14(25)15(13(8-24)32-17)33-19(28)31-6-5-10-11(20)3-2-4-12(10)23(29)30/h2-4,7,13-15,17,24-25H,5-6,8H2,1H3,(H,21,26,27)/t13-,14?,15?,17-/m1/s1. The highest BCUT2D eigenvalue weighted by Crippen LogP contribution is 2.31. The summed E-state index contributed by atoms with van der Waals surface area (Å²) in [4.78, 5) is 48.5. The van der Waals surface area contributed by atoms with Crippen molar-refractivity contribution >= 4 is 27.8 Å². The summed E-state index contributed by atoms with van der Waals surface area (Å²) >= 11 is 3.22. The summed E-state index contributed by atoms with van der Waals surface area (Å²) in [5.41, 5.74) is -1.11. The Morgan fingerprint density at radius 1 is 1.39 bits per heavy atom. The largest absolute Gasteiger partial charge is 0.508 e. The van der Waals surface area contributed by atoms with E-state index >= 15 is 0 Å². The maximum Gasteiger partial charge on any atom is 0.508 e. The van der Waals surface area contributed by atoms with Gasteiger partial charge in [0.2, 0.25) is 0 Å². The minimum Gasteiger partial charge on any atom is -0.434 e. The minimum absolute atomic E-state index is 0.00859. The quantitative estimate of drug-likeness (QED) is 0.259. The fourth-order valence-corrected chi connectivity index (χ4v) is 3.92. The molecule has 4 atom stereocenters. The van der Waals surface area contributed by atoms with E-state index in [1.807, 2.05) is 0 Å². The summed E-state index contributed by atoms with van der Waals surface area (Å²) in [6.45, 7) is 0.532. The average Bonchev–Trinajstić information content (AvgIpc) is 3.06. The SMILES string of the molecule is Cc1cn([C@@H]2O[C@H](CO)C(OC(=O)OCCc3c(Br)cccc3[N+](=O)[O-])C2O)c(=O)[nH]c1=O. The lowest BCUT2D eigenvalue weighted by Gasteiger charge is -2.20. The number of hydrogen-bond acceptors (Lipinski definition) is 10. The lowest BCUT2D eigenvalue weighted by Crippen LogP contribution is -2.40. The van der Waals surface area contributed by atoms with Gasteiger partial charge in [0.25, 0.3) is 11.2 Å². The number of carbonyl (C=O) groups excluding carboxylic acids is 1. The van der Waals surface area contributed by atoms with Crippen LogP contribution < -0.4 is 11.2 Å². The Hall–Kier alpha value is -3.07. The Balaban J connectivity index is 1.66. The van der Waals surface area contributed by atoms with E-state index < -0.39 is 53.5 Å². The van der Waals surface area contributed by atoms with Gasteiger partial charge in [-0.3, -0.25) is 24.5 Å². The van der Waals surface area contributed by atoms with E-state index in [4.69, 9.17) is 14.2 Å². The average molecular weight is 530 g/mol. The Labute approximate surface area is 193 Å². The summed E-state index contributed by atoms with van der Waals surface area (Å²) in [6, 6.07) is 4.43. The fourth-order valence-electron chi connectivity index (χ4n) is 3.36. The van der Waals surface area contributed by atoms with Crippen LogP contribution in [0.2, 0.25) is 0 Å². The van der Waals surface area contributed by atoms with Gasteiger partial charge in [0.1, 0.15) is 12.2 Å². The second-order valence-corrected chi connectivity index (χ2v) is 8.00. The summed E-state index contributed by atoms with van der Waals surface area (Å²) in [7, 11) is 0. The minimum atomic E-state index is -1.57. The molecule has 0 aliphatic carbocycles. The number of nitro groups is 1. The molecule has 13 nitrogen and oxygen atoms in total. The van der Waals surface area contributed by atoms with Crippen molar-refractivity contribution in [1.82, 2.24) is 9.55 Å². The van der Waals surface area contributed by atoms with Crippen molar-refractivity contribution in [1.29, 1.82) is 0 Å². The third-order valence-corrected chi connectivity index (χ3v) is 5.75. The molecule has 1 aromatic heterocycles. The number of aliphatic hydroxyl groups is 2. The maximum absolute atomic E-state index is 12.2. The number of nitro benzene ring substituents is 1. The molecule has 2 aromatic rings. The summed E-state index contributed by atoms with van der Waals surface area (Å²) in [6.07, 6.45) is -5.50. The molecule has 0 saturated carbocycles. The van der Waals surface area contributed by atoms with Crippen molar-refractivity contribution in [2.24, 2.45) is 0 Å². The maximum atomic E-state index is 12.2. The van der Waals surface area contributed by atoms with Gasteiger partial charge >= 0.3 is 11.8 Å². The smallest absolute Gasteiger partial charge is 0.434 e. The number of H-pyrrole nitrogens is 1. The molecule has 178 valence electrons. The molecule has 1 aliphatic rings. The molecule has 3 rings (SSSR count). The van der Waals surface area contributed by atoms with E-state index in [1.165, 1.54) is 25.3 Å². The predicted molar refractivity (Wildman–Crippen MR) is 114 cm³/mol. The zero-order chi connectivity index (χ0) is 24.3. The van der Waals surface area contributed by atoms with Crippen molar-refractivity contribution in [3.63, 3.8) is 0 Å². The molecule has 0 bridgehead atoms. The van der Waals surface area contributed by atoms with Gasteiger partial charge in [-0.1, -0.05) is 22.0 Å². The Morgan fingerprint density at radius 3 is 2.79 bits per heavy atom. The molecule has 33 heavy (non-hydrogen) atoms. The first-order chi connectivity index (χ1) is 15.6. The van der Waals surface area contributed by atoms with Crippen LogP contribution in [0.15, 0.2) is 38.5 Å². The van der Waals surface area contributed by atoms with Crippen LogP contribution in [0.4, 0.5) is 10.5 Å². The molecular weight excluding hydrogens is 510 g/mol. The number of nitrogens with one attached hydrogen (secondary N) is 1. The summed E-state index contributed by atoms with van der Waals surface area (Å²) in [5, 5.41) is 31.3. The highest BCUT2D eigenvalue weighted by atomic mass is 79.9. The number of benzene rings is 1. The van der Waals surface area contributed by atoms with Gasteiger partial charge in [-0.2, -0.15) is 0 Å². The van der Waals surface area contributed by atoms with Gasteiger partial charge < -0.3 is 24.4 Å². The van der Waals surface area contributed by atoms with E-state index in [9.17, 15) is 34.7 Å². The topological polar surface area (TPSA) is 183 Å². The van der Waals surface area contributed by atoms with Crippen LogP contribution in [0.1, 0.15) is 17.4 Å². The molecule has 0 amide bonds. The van der Waals surface area contributed by atoms with Crippen LogP contribution >= 0.6 is 15.9 Å². The number of aryl methyl sites for hydroxylation is 1. The van der Waals surface area contributed by atoms with Crippen LogP contribution in [-0.2, 0) is 20.6 Å². The van der Waals surface area contributed by atoms with Crippen LogP contribution in [0.3, 0.4) is 0 Å². The number of hydrogen-bond donors (Lipinski definition) is 3. The molecule has 1 fully saturated rings. The molecular formula is C19H20BrN3O10. The first kappa shape index (κ1) is 24.6. The Morgan fingerprint density at radius 2 is 2.12 bits per heavy atom. The molecule has 14 heteroatoms.